The summed E-state index contributed by atoms with van der Waals surface area (Å²) in [6.45, 7) is 4.54. The summed E-state index contributed by atoms with van der Waals surface area (Å²) in [6, 6.07) is 0. The van der Waals surface area contributed by atoms with Crippen LogP contribution in [0.25, 0.3) is 0 Å². The summed E-state index contributed by atoms with van der Waals surface area (Å²) in [5.41, 5.74) is 1.60. The lowest BCUT2D eigenvalue weighted by Crippen LogP contribution is -2.00. The van der Waals surface area contributed by atoms with Crippen LogP contribution in [-0.4, -0.2) is 15.7 Å². The standard InChI is InChI=1S/C10H14BrClN2/c1-10(2)6(4-12)8(10)9-7(11)5-13-14(9)3/h5-6,8H,4H2,1-3H3. The van der Waals surface area contributed by atoms with Crippen molar-refractivity contribution < 1.29 is 0 Å². The van der Waals surface area contributed by atoms with Crippen molar-refractivity contribution in [2.24, 2.45) is 18.4 Å². The Balaban J connectivity index is 2.35. The van der Waals surface area contributed by atoms with Crippen LogP contribution in [-0.2, 0) is 7.05 Å². The molecule has 4 heteroatoms. The molecule has 2 rings (SSSR count). The van der Waals surface area contributed by atoms with Crippen LogP contribution < -0.4 is 0 Å². The van der Waals surface area contributed by atoms with Gasteiger partial charge in [0, 0.05) is 18.8 Å². The molecule has 1 heterocycles. The molecule has 0 amide bonds. The molecule has 0 N–H and O–H groups in total. The Morgan fingerprint density at radius 2 is 2.29 bits per heavy atom. The predicted molar refractivity (Wildman–Crippen MR) is 61.6 cm³/mol. The molecule has 2 nitrogen and oxygen atoms in total. The zero-order valence-corrected chi connectivity index (χ0v) is 10.9. The number of nitrogens with zero attached hydrogens (tertiary/aromatic N) is 2. The van der Waals surface area contributed by atoms with Crippen molar-refractivity contribution in [1.82, 2.24) is 9.78 Å². The summed E-state index contributed by atoms with van der Waals surface area (Å²) < 4.78 is 3.05. The van der Waals surface area contributed by atoms with E-state index in [9.17, 15) is 0 Å². The minimum absolute atomic E-state index is 0.318. The predicted octanol–water partition coefficient (Wildman–Crippen LogP) is 3.16. The quantitative estimate of drug-likeness (QED) is 0.759. The average Bonchev–Trinajstić information content (AvgIpc) is 2.48. The van der Waals surface area contributed by atoms with E-state index in [-0.39, 0.29) is 0 Å². The fraction of sp³-hybridized carbons (Fsp3) is 0.700. The van der Waals surface area contributed by atoms with Gasteiger partial charge in [-0.2, -0.15) is 5.10 Å². The second-order valence-electron chi connectivity index (χ2n) is 4.56. The van der Waals surface area contributed by atoms with Crippen molar-refractivity contribution in [2.45, 2.75) is 19.8 Å². The molecular weight excluding hydrogens is 263 g/mol. The van der Waals surface area contributed by atoms with E-state index in [1.165, 1.54) is 5.69 Å². The first-order valence-electron chi connectivity index (χ1n) is 4.73. The Bertz CT molecular complexity index is 340. The first kappa shape index (κ1) is 10.5. The summed E-state index contributed by atoms with van der Waals surface area (Å²) in [6.07, 6.45) is 1.86. The summed E-state index contributed by atoms with van der Waals surface area (Å²) in [4.78, 5) is 0. The van der Waals surface area contributed by atoms with Gasteiger partial charge in [-0.1, -0.05) is 13.8 Å². The molecule has 1 aromatic heterocycles. The molecule has 1 saturated carbocycles. The molecular formula is C10H14BrClN2. The zero-order chi connectivity index (χ0) is 10.5. The van der Waals surface area contributed by atoms with E-state index in [4.69, 9.17) is 11.6 Å². The zero-order valence-electron chi connectivity index (χ0n) is 8.59. The second-order valence-corrected chi connectivity index (χ2v) is 5.72. The van der Waals surface area contributed by atoms with Crippen LogP contribution in [0.3, 0.4) is 0 Å². The molecule has 0 spiro atoms. The maximum absolute atomic E-state index is 5.95. The number of hydrogen-bond donors (Lipinski definition) is 0. The third kappa shape index (κ3) is 1.33. The Morgan fingerprint density at radius 3 is 2.64 bits per heavy atom. The molecule has 1 aliphatic rings. The largest absolute Gasteiger partial charge is 0.271 e. The van der Waals surface area contributed by atoms with Crippen LogP contribution in [0.4, 0.5) is 0 Å². The molecule has 78 valence electrons. The number of hydrogen-bond acceptors (Lipinski definition) is 1. The van der Waals surface area contributed by atoms with E-state index < -0.39 is 0 Å². The summed E-state index contributed by atoms with van der Waals surface area (Å²) in [5.74, 6) is 1.85. The lowest BCUT2D eigenvalue weighted by molar-refractivity contribution is 0.566. The summed E-state index contributed by atoms with van der Waals surface area (Å²) in [5, 5.41) is 4.24. The van der Waals surface area contributed by atoms with Gasteiger partial charge in [-0.3, -0.25) is 4.68 Å². The van der Waals surface area contributed by atoms with E-state index in [1.54, 1.807) is 0 Å². The summed E-state index contributed by atoms with van der Waals surface area (Å²) >= 11 is 9.49. The van der Waals surface area contributed by atoms with Crippen molar-refractivity contribution >= 4 is 27.5 Å². The number of aryl methyl sites for hydroxylation is 1. The smallest absolute Gasteiger partial charge is 0.0635 e. The highest BCUT2D eigenvalue weighted by Crippen LogP contribution is 2.65. The van der Waals surface area contributed by atoms with Crippen LogP contribution in [0.15, 0.2) is 10.7 Å². The maximum atomic E-state index is 5.95. The number of rotatable bonds is 2. The average molecular weight is 278 g/mol. The van der Waals surface area contributed by atoms with Crippen LogP contribution >= 0.6 is 27.5 Å². The molecule has 0 saturated heterocycles. The first-order chi connectivity index (χ1) is 6.50. The number of aromatic nitrogens is 2. The van der Waals surface area contributed by atoms with Gasteiger partial charge in [-0.15, -0.1) is 11.6 Å². The molecule has 2 atom stereocenters. The van der Waals surface area contributed by atoms with Gasteiger partial charge >= 0.3 is 0 Å². The van der Waals surface area contributed by atoms with Gasteiger partial charge in [0.25, 0.3) is 0 Å². The molecule has 14 heavy (non-hydrogen) atoms. The highest BCUT2D eigenvalue weighted by molar-refractivity contribution is 9.10. The molecule has 0 aromatic carbocycles. The maximum Gasteiger partial charge on any atom is 0.0635 e. The van der Waals surface area contributed by atoms with Crippen LogP contribution in [0, 0.1) is 11.3 Å². The Morgan fingerprint density at radius 1 is 1.64 bits per heavy atom. The van der Waals surface area contributed by atoms with Crippen molar-refractivity contribution in [3.8, 4) is 0 Å². The number of halogens is 2. The highest BCUT2D eigenvalue weighted by Gasteiger charge is 2.59. The van der Waals surface area contributed by atoms with E-state index in [0.29, 0.717) is 17.3 Å². The van der Waals surface area contributed by atoms with Crippen LogP contribution in [0.1, 0.15) is 25.5 Å². The Kier molecular flexibility index (Phi) is 2.43. The van der Waals surface area contributed by atoms with Crippen molar-refractivity contribution in [3.63, 3.8) is 0 Å². The number of alkyl halides is 1. The SMILES string of the molecule is Cn1ncc(Br)c1C1C(CCl)C1(C)C. The fourth-order valence-electron chi connectivity index (χ4n) is 2.35. The normalized spacial score (nSPS) is 29.2. The topological polar surface area (TPSA) is 17.8 Å². The minimum Gasteiger partial charge on any atom is -0.271 e. The van der Waals surface area contributed by atoms with Crippen molar-refractivity contribution in [3.05, 3.63) is 16.4 Å². The van der Waals surface area contributed by atoms with E-state index in [2.05, 4.69) is 34.9 Å². The van der Waals surface area contributed by atoms with E-state index >= 15 is 0 Å². The highest BCUT2D eigenvalue weighted by atomic mass is 79.9. The third-order valence-corrected chi connectivity index (χ3v) is 4.39. The van der Waals surface area contributed by atoms with Gasteiger partial charge in [0.15, 0.2) is 0 Å². The molecule has 0 bridgehead atoms. The van der Waals surface area contributed by atoms with Gasteiger partial charge in [-0.25, -0.2) is 0 Å². The van der Waals surface area contributed by atoms with Gasteiger partial charge in [0.05, 0.1) is 16.4 Å². The van der Waals surface area contributed by atoms with Crippen LogP contribution in [0.2, 0.25) is 0 Å². The molecule has 2 unspecified atom stereocenters. The molecule has 0 radical (unpaired) electrons. The van der Waals surface area contributed by atoms with Crippen LogP contribution in [0.5, 0.6) is 0 Å². The van der Waals surface area contributed by atoms with Gasteiger partial charge in [0.1, 0.15) is 0 Å². The van der Waals surface area contributed by atoms with Crippen molar-refractivity contribution in [2.75, 3.05) is 5.88 Å². The fourth-order valence-corrected chi connectivity index (χ4v) is 3.52. The van der Waals surface area contributed by atoms with Crippen molar-refractivity contribution in [1.29, 1.82) is 0 Å². The monoisotopic (exact) mass is 276 g/mol. The van der Waals surface area contributed by atoms with Gasteiger partial charge < -0.3 is 0 Å². The van der Waals surface area contributed by atoms with Gasteiger partial charge in [-0.05, 0) is 27.3 Å². The molecule has 1 aliphatic carbocycles. The molecule has 1 aromatic rings. The second kappa shape index (κ2) is 3.24. The van der Waals surface area contributed by atoms with E-state index in [0.717, 1.165) is 10.4 Å². The Hall–Kier alpha value is -0.0200. The third-order valence-electron chi connectivity index (χ3n) is 3.45. The molecule has 1 fully saturated rings. The lowest BCUT2D eigenvalue weighted by atomic mass is 10.1. The first-order valence-corrected chi connectivity index (χ1v) is 6.06. The minimum atomic E-state index is 0.318. The molecule has 0 aliphatic heterocycles. The Labute approximate surface area is 97.8 Å². The summed E-state index contributed by atoms with van der Waals surface area (Å²) in [7, 11) is 1.99. The van der Waals surface area contributed by atoms with E-state index in [1.807, 2.05) is 17.9 Å². The van der Waals surface area contributed by atoms with Gasteiger partial charge in [0.2, 0.25) is 0 Å². The lowest BCUT2D eigenvalue weighted by Gasteiger charge is -2.04.